The number of benzene rings is 1. The molecule has 1 N–H and O–H groups in total. The molecule has 0 aliphatic heterocycles. The molecular formula is C18H17N3O3. The van der Waals surface area contributed by atoms with Gasteiger partial charge < -0.3 is 14.5 Å². The Morgan fingerprint density at radius 2 is 2.00 bits per heavy atom. The molecule has 6 heteroatoms. The van der Waals surface area contributed by atoms with Crippen LogP contribution in [0.3, 0.4) is 0 Å². The number of unbranched alkanes of at least 4 members (excludes halogenated alkanes) is 1. The lowest BCUT2D eigenvalue weighted by molar-refractivity contribution is 0.291. The largest absolute Gasteiger partial charge is 0.493 e. The van der Waals surface area contributed by atoms with Crippen molar-refractivity contribution < 1.29 is 9.47 Å². The van der Waals surface area contributed by atoms with E-state index in [1.54, 1.807) is 31.2 Å². The molecule has 0 spiro atoms. The van der Waals surface area contributed by atoms with Crippen molar-refractivity contribution in [1.29, 1.82) is 10.5 Å². The smallest absolute Gasteiger partial charge is 0.266 e. The summed E-state index contributed by atoms with van der Waals surface area (Å²) in [5.74, 6) is 1.06. The highest BCUT2D eigenvalue weighted by Gasteiger charge is 2.13. The summed E-state index contributed by atoms with van der Waals surface area (Å²) in [5, 5.41) is 17.8. The molecule has 0 fully saturated rings. The molecule has 1 aromatic carbocycles. The van der Waals surface area contributed by atoms with E-state index in [4.69, 9.17) is 14.7 Å². The van der Waals surface area contributed by atoms with E-state index < -0.39 is 5.56 Å². The Labute approximate surface area is 139 Å². The molecule has 0 saturated heterocycles. The number of hydrogen-bond acceptors (Lipinski definition) is 5. The van der Waals surface area contributed by atoms with Gasteiger partial charge in [-0.25, -0.2) is 0 Å². The number of nitrogens with one attached hydrogen (secondary N) is 1. The second kappa shape index (κ2) is 7.85. The molecule has 0 radical (unpaired) electrons. The molecular weight excluding hydrogens is 306 g/mol. The lowest BCUT2D eigenvalue weighted by Crippen LogP contribution is -2.12. The highest BCUT2D eigenvalue weighted by molar-refractivity contribution is 5.72. The number of aromatic amines is 1. The number of aryl methyl sites for hydroxylation is 1. The van der Waals surface area contributed by atoms with E-state index in [0.29, 0.717) is 47.8 Å². The van der Waals surface area contributed by atoms with E-state index in [0.717, 1.165) is 0 Å². The van der Waals surface area contributed by atoms with E-state index in [-0.39, 0.29) is 5.56 Å². The van der Waals surface area contributed by atoms with Crippen LogP contribution in [0.2, 0.25) is 0 Å². The molecule has 0 aliphatic carbocycles. The first-order chi connectivity index (χ1) is 11.6. The Morgan fingerprint density at radius 3 is 2.67 bits per heavy atom. The minimum atomic E-state index is -0.417. The average molecular weight is 323 g/mol. The number of nitriles is 2. The second-order valence-corrected chi connectivity index (χ2v) is 5.16. The Morgan fingerprint density at radius 1 is 1.21 bits per heavy atom. The third-order valence-corrected chi connectivity index (χ3v) is 3.44. The van der Waals surface area contributed by atoms with Crippen LogP contribution in [0.25, 0.3) is 11.1 Å². The molecule has 0 amide bonds. The van der Waals surface area contributed by atoms with Gasteiger partial charge in [-0.2, -0.15) is 10.5 Å². The zero-order valence-electron chi connectivity index (χ0n) is 13.5. The van der Waals surface area contributed by atoms with E-state index in [9.17, 15) is 10.1 Å². The summed E-state index contributed by atoms with van der Waals surface area (Å²) in [6.07, 6.45) is 1.02. The van der Waals surface area contributed by atoms with Gasteiger partial charge in [0, 0.05) is 17.7 Å². The summed E-state index contributed by atoms with van der Waals surface area (Å²) >= 11 is 0. The predicted octanol–water partition coefficient (Wildman–Crippen LogP) is 2.91. The van der Waals surface area contributed by atoms with Gasteiger partial charge in [-0.15, -0.1) is 0 Å². The zero-order chi connectivity index (χ0) is 17.5. The summed E-state index contributed by atoms with van der Waals surface area (Å²) < 4.78 is 11.0. The van der Waals surface area contributed by atoms with Gasteiger partial charge in [-0.3, -0.25) is 4.79 Å². The van der Waals surface area contributed by atoms with Crippen LogP contribution in [0.5, 0.6) is 11.5 Å². The summed E-state index contributed by atoms with van der Waals surface area (Å²) in [7, 11) is 1.54. The highest BCUT2D eigenvalue weighted by atomic mass is 16.5. The highest BCUT2D eigenvalue weighted by Crippen LogP contribution is 2.33. The first kappa shape index (κ1) is 17.1. The van der Waals surface area contributed by atoms with E-state index >= 15 is 0 Å². The molecule has 2 rings (SSSR count). The van der Waals surface area contributed by atoms with Crippen LogP contribution in [-0.2, 0) is 0 Å². The lowest BCUT2D eigenvalue weighted by atomic mass is 10.0. The van der Waals surface area contributed by atoms with Gasteiger partial charge in [0.1, 0.15) is 11.6 Å². The Balaban J connectivity index is 2.44. The maximum atomic E-state index is 12.0. The normalized spacial score (nSPS) is 9.83. The van der Waals surface area contributed by atoms with Gasteiger partial charge in [0.15, 0.2) is 11.5 Å². The standard InChI is InChI=1S/C18H17N3O3/c1-12-9-14(15(11-20)18(22)21-12)13-5-6-16(23-2)17(10-13)24-8-4-3-7-19/h5-6,9-10H,3-4,8H2,1-2H3,(H,21,22). The van der Waals surface area contributed by atoms with Crippen molar-refractivity contribution in [2.24, 2.45) is 0 Å². The molecule has 1 aromatic heterocycles. The van der Waals surface area contributed by atoms with Crippen LogP contribution in [-0.4, -0.2) is 18.7 Å². The SMILES string of the molecule is COc1ccc(-c2cc(C)[nH]c(=O)c2C#N)cc1OCCCC#N. The number of H-pyrrole nitrogens is 1. The third-order valence-electron chi connectivity index (χ3n) is 3.44. The monoisotopic (exact) mass is 323 g/mol. The van der Waals surface area contributed by atoms with Crippen molar-refractivity contribution in [3.63, 3.8) is 0 Å². The number of aromatic nitrogens is 1. The van der Waals surface area contributed by atoms with Crippen molar-refractivity contribution in [3.8, 4) is 34.8 Å². The summed E-state index contributed by atoms with van der Waals surface area (Å²) in [5.41, 5.74) is 1.54. The average Bonchev–Trinajstić information content (AvgIpc) is 2.58. The van der Waals surface area contributed by atoms with Gasteiger partial charge in [0.25, 0.3) is 5.56 Å². The predicted molar refractivity (Wildman–Crippen MR) is 88.8 cm³/mol. The molecule has 122 valence electrons. The number of rotatable bonds is 6. The fraction of sp³-hybridized carbons (Fsp3) is 0.278. The van der Waals surface area contributed by atoms with Gasteiger partial charge in [-0.1, -0.05) is 6.07 Å². The van der Waals surface area contributed by atoms with Crippen molar-refractivity contribution in [1.82, 2.24) is 4.98 Å². The minimum absolute atomic E-state index is 0.0567. The van der Waals surface area contributed by atoms with Crippen LogP contribution >= 0.6 is 0 Å². The maximum Gasteiger partial charge on any atom is 0.266 e. The molecule has 0 atom stereocenters. The first-order valence-corrected chi connectivity index (χ1v) is 7.43. The number of methoxy groups -OCH3 is 1. The van der Waals surface area contributed by atoms with Gasteiger partial charge in [-0.05, 0) is 37.1 Å². The minimum Gasteiger partial charge on any atom is -0.493 e. The molecule has 24 heavy (non-hydrogen) atoms. The van der Waals surface area contributed by atoms with E-state index in [1.807, 2.05) is 6.07 Å². The van der Waals surface area contributed by atoms with Crippen LogP contribution in [0.1, 0.15) is 24.1 Å². The van der Waals surface area contributed by atoms with Crippen LogP contribution in [0, 0.1) is 29.6 Å². The third kappa shape index (κ3) is 3.74. The van der Waals surface area contributed by atoms with Gasteiger partial charge in [0.2, 0.25) is 0 Å². The van der Waals surface area contributed by atoms with Crippen molar-refractivity contribution in [2.75, 3.05) is 13.7 Å². The van der Waals surface area contributed by atoms with Crippen molar-refractivity contribution in [2.45, 2.75) is 19.8 Å². The second-order valence-electron chi connectivity index (χ2n) is 5.16. The molecule has 6 nitrogen and oxygen atoms in total. The van der Waals surface area contributed by atoms with Crippen molar-refractivity contribution in [3.05, 3.63) is 45.9 Å². The molecule has 0 saturated carbocycles. The molecule has 2 aromatic rings. The first-order valence-electron chi connectivity index (χ1n) is 7.43. The lowest BCUT2D eigenvalue weighted by Gasteiger charge is -2.13. The number of ether oxygens (including phenoxy) is 2. The van der Waals surface area contributed by atoms with Crippen molar-refractivity contribution >= 4 is 0 Å². The maximum absolute atomic E-state index is 12.0. The molecule has 0 bridgehead atoms. The number of nitrogens with zero attached hydrogens (tertiary/aromatic N) is 2. The number of hydrogen-bond donors (Lipinski definition) is 1. The fourth-order valence-electron chi connectivity index (χ4n) is 2.32. The van der Waals surface area contributed by atoms with E-state index in [2.05, 4.69) is 11.1 Å². The summed E-state index contributed by atoms with van der Waals surface area (Å²) in [6.45, 7) is 2.14. The summed E-state index contributed by atoms with van der Waals surface area (Å²) in [6, 6.07) is 11.0. The summed E-state index contributed by atoms with van der Waals surface area (Å²) in [4.78, 5) is 14.6. The van der Waals surface area contributed by atoms with E-state index in [1.165, 1.54) is 7.11 Å². The Kier molecular flexibility index (Phi) is 5.59. The quantitative estimate of drug-likeness (QED) is 0.824. The molecule has 0 aliphatic rings. The van der Waals surface area contributed by atoms with Gasteiger partial charge in [0.05, 0.1) is 19.8 Å². The van der Waals surface area contributed by atoms with Crippen LogP contribution in [0.4, 0.5) is 0 Å². The fourth-order valence-corrected chi connectivity index (χ4v) is 2.32. The van der Waals surface area contributed by atoms with Crippen LogP contribution in [0.15, 0.2) is 29.1 Å². The molecule has 1 heterocycles. The number of pyridine rings is 1. The Hall–Kier alpha value is -3.25. The zero-order valence-corrected chi connectivity index (χ0v) is 13.5. The topological polar surface area (TPSA) is 98.9 Å². The van der Waals surface area contributed by atoms with Crippen LogP contribution < -0.4 is 15.0 Å². The molecule has 0 unspecified atom stereocenters. The Bertz CT molecular complexity index is 873. The van der Waals surface area contributed by atoms with Gasteiger partial charge >= 0.3 is 0 Å².